The number of benzene rings is 2. The Labute approximate surface area is 177 Å². The van der Waals surface area contributed by atoms with Crippen molar-refractivity contribution in [1.29, 1.82) is 0 Å². The summed E-state index contributed by atoms with van der Waals surface area (Å²) >= 11 is 1.51. The Bertz CT molecular complexity index is 1320. The van der Waals surface area contributed by atoms with Crippen molar-refractivity contribution in [2.75, 3.05) is 0 Å². The van der Waals surface area contributed by atoms with Crippen LogP contribution in [0.2, 0.25) is 0 Å². The second-order valence-electron chi connectivity index (χ2n) is 7.18. The van der Waals surface area contributed by atoms with Crippen molar-refractivity contribution >= 4 is 28.1 Å². The van der Waals surface area contributed by atoms with E-state index in [9.17, 15) is 14.7 Å². The van der Waals surface area contributed by atoms with Gasteiger partial charge in [0.15, 0.2) is 5.75 Å². The second-order valence-corrected chi connectivity index (χ2v) is 8.26. The Morgan fingerprint density at radius 3 is 2.57 bits per heavy atom. The zero-order valence-corrected chi connectivity index (χ0v) is 17.7. The molecular formula is C23H21N3O3S. The molecule has 0 bridgehead atoms. The average Bonchev–Trinajstić information content (AvgIpc) is 3.12. The first-order valence-corrected chi connectivity index (χ1v) is 10.3. The number of nitrogens with one attached hydrogen (secondary N) is 1. The summed E-state index contributed by atoms with van der Waals surface area (Å²) in [4.78, 5) is 30.8. The third kappa shape index (κ3) is 3.48. The molecule has 1 amide bonds. The number of rotatable bonds is 4. The van der Waals surface area contributed by atoms with Crippen LogP contribution in [0.3, 0.4) is 0 Å². The number of nitrogens with zero attached hydrogens (tertiary/aromatic N) is 2. The van der Waals surface area contributed by atoms with Gasteiger partial charge in [-0.25, -0.2) is 4.98 Å². The lowest BCUT2D eigenvalue weighted by Gasteiger charge is -2.12. The molecule has 0 unspecified atom stereocenters. The Morgan fingerprint density at radius 2 is 1.83 bits per heavy atom. The van der Waals surface area contributed by atoms with Crippen molar-refractivity contribution in [1.82, 2.24) is 14.9 Å². The van der Waals surface area contributed by atoms with Gasteiger partial charge in [-0.15, -0.1) is 11.3 Å². The summed E-state index contributed by atoms with van der Waals surface area (Å²) in [6.07, 6.45) is 0. The number of hydrogen-bond acceptors (Lipinski definition) is 5. The third-order valence-corrected chi connectivity index (χ3v) is 6.31. The molecule has 0 saturated carbocycles. The van der Waals surface area contributed by atoms with Gasteiger partial charge in [0.2, 0.25) is 0 Å². The van der Waals surface area contributed by atoms with Crippen LogP contribution in [0.15, 0.2) is 53.3 Å². The lowest BCUT2D eigenvalue weighted by Crippen LogP contribution is -2.27. The smallest absolute Gasteiger partial charge is 0.293 e. The standard InChI is InChI=1S/C23H21N3O3S/c1-13-8-10-15(11-9-13)22-25-14(2)18(30-22)12-24-21(28)19-16-6-4-5-7-17(16)26(3)23(29)20(19)27/h4-11,27H,12H2,1-3H3,(H,24,28). The van der Waals surface area contributed by atoms with Gasteiger partial charge in [-0.05, 0) is 19.9 Å². The summed E-state index contributed by atoms with van der Waals surface area (Å²) in [5.74, 6) is -1.04. The van der Waals surface area contributed by atoms with Gasteiger partial charge in [-0.2, -0.15) is 0 Å². The Kier molecular flexibility index (Phi) is 5.13. The monoisotopic (exact) mass is 419 g/mol. The highest BCUT2D eigenvalue weighted by atomic mass is 32.1. The van der Waals surface area contributed by atoms with Gasteiger partial charge < -0.3 is 15.0 Å². The first-order chi connectivity index (χ1) is 14.4. The second kappa shape index (κ2) is 7.76. The molecule has 0 saturated heterocycles. The van der Waals surface area contributed by atoms with E-state index in [1.165, 1.54) is 21.5 Å². The van der Waals surface area contributed by atoms with Crippen LogP contribution in [0.5, 0.6) is 5.75 Å². The molecule has 7 heteroatoms. The number of para-hydroxylation sites is 1. The summed E-state index contributed by atoms with van der Waals surface area (Å²) in [5, 5.41) is 14.6. The van der Waals surface area contributed by atoms with Gasteiger partial charge in [0.1, 0.15) is 5.01 Å². The first kappa shape index (κ1) is 19.8. The molecule has 152 valence electrons. The molecular weight excluding hydrogens is 398 g/mol. The molecule has 2 N–H and O–H groups in total. The van der Waals surface area contributed by atoms with Crippen LogP contribution in [-0.4, -0.2) is 20.6 Å². The number of aromatic nitrogens is 2. The molecule has 2 aromatic heterocycles. The van der Waals surface area contributed by atoms with Crippen LogP contribution in [0.1, 0.15) is 26.5 Å². The zero-order chi connectivity index (χ0) is 21.4. The minimum atomic E-state index is -0.602. The van der Waals surface area contributed by atoms with E-state index in [1.54, 1.807) is 31.3 Å². The number of aryl methyl sites for hydroxylation is 3. The molecule has 0 aliphatic heterocycles. The number of carbonyl (C=O) groups is 1. The maximum Gasteiger partial charge on any atom is 0.293 e. The Balaban J connectivity index is 1.62. The van der Waals surface area contributed by atoms with Gasteiger partial charge >= 0.3 is 0 Å². The lowest BCUT2D eigenvalue weighted by molar-refractivity contribution is 0.0950. The molecule has 2 aromatic carbocycles. The fraction of sp³-hybridized carbons (Fsp3) is 0.174. The topological polar surface area (TPSA) is 84.2 Å². The van der Waals surface area contributed by atoms with Crippen molar-refractivity contribution in [3.8, 4) is 16.3 Å². The van der Waals surface area contributed by atoms with E-state index in [0.717, 1.165) is 21.1 Å². The summed E-state index contributed by atoms with van der Waals surface area (Å²) in [6.45, 7) is 4.20. The molecule has 0 atom stereocenters. The minimum Gasteiger partial charge on any atom is -0.502 e. The largest absolute Gasteiger partial charge is 0.502 e. The van der Waals surface area contributed by atoms with E-state index in [2.05, 4.69) is 10.3 Å². The van der Waals surface area contributed by atoms with Crippen molar-refractivity contribution in [2.45, 2.75) is 20.4 Å². The van der Waals surface area contributed by atoms with E-state index < -0.39 is 17.2 Å². The maximum atomic E-state index is 12.9. The fourth-order valence-corrected chi connectivity index (χ4v) is 4.38. The Morgan fingerprint density at radius 1 is 1.13 bits per heavy atom. The maximum absolute atomic E-state index is 12.9. The molecule has 0 aliphatic carbocycles. The average molecular weight is 420 g/mol. The van der Waals surface area contributed by atoms with E-state index in [-0.39, 0.29) is 12.1 Å². The number of carbonyl (C=O) groups excluding carboxylic acids is 1. The van der Waals surface area contributed by atoms with Crippen LogP contribution in [-0.2, 0) is 13.6 Å². The molecule has 4 rings (SSSR count). The summed E-state index contributed by atoms with van der Waals surface area (Å²) in [7, 11) is 1.57. The fourth-order valence-electron chi connectivity index (χ4n) is 3.37. The molecule has 4 aromatic rings. The van der Waals surface area contributed by atoms with Crippen LogP contribution in [0, 0.1) is 13.8 Å². The minimum absolute atomic E-state index is 0.00498. The van der Waals surface area contributed by atoms with Crippen LogP contribution < -0.4 is 10.9 Å². The third-order valence-electron chi connectivity index (χ3n) is 5.11. The van der Waals surface area contributed by atoms with E-state index in [0.29, 0.717) is 10.9 Å². The molecule has 0 radical (unpaired) electrons. The van der Waals surface area contributed by atoms with Crippen LogP contribution in [0.4, 0.5) is 0 Å². The van der Waals surface area contributed by atoms with Crippen molar-refractivity contribution in [2.24, 2.45) is 7.05 Å². The Hall–Kier alpha value is -3.45. The number of fused-ring (bicyclic) bond motifs is 1. The van der Waals surface area contributed by atoms with Gasteiger partial charge in [0, 0.05) is 22.9 Å². The van der Waals surface area contributed by atoms with Crippen molar-refractivity contribution in [3.05, 3.63) is 80.6 Å². The van der Waals surface area contributed by atoms with Crippen molar-refractivity contribution < 1.29 is 9.90 Å². The summed E-state index contributed by atoms with van der Waals surface area (Å²) in [5.41, 5.74) is 3.03. The summed E-state index contributed by atoms with van der Waals surface area (Å²) < 4.78 is 1.34. The first-order valence-electron chi connectivity index (χ1n) is 9.49. The highest BCUT2D eigenvalue weighted by molar-refractivity contribution is 7.15. The number of pyridine rings is 1. The number of aromatic hydroxyl groups is 1. The SMILES string of the molecule is Cc1ccc(-c2nc(C)c(CNC(=O)c3c(O)c(=O)n(C)c4ccccc34)s2)cc1. The van der Waals surface area contributed by atoms with E-state index in [4.69, 9.17) is 0 Å². The molecule has 0 aliphatic rings. The van der Waals surface area contributed by atoms with Gasteiger partial charge in [0.25, 0.3) is 11.5 Å². The van der Waals surface area contributed by atoms with Crippen LogP contribution in [0.25, 0.3) is 21.5 Å². The van der Waals surface area contributed by atoms with Crippen molar-refractivity contribution in [3.63, 3.8) is 0 Å². The summed E-state index contributed by atoms with van der Waals surface area (Å²) in [6, 6.07) is 15.2. The molecule has 0 fully saturated rings. The highest BCUT2D eigenvalue weighted by Crippen LogP contribution is 2.28. The molecule has 30 heavy (non-hydrogen) atoms. The highest BCUT2D eigenvalue weighted by Gasteiger charge is 2.21. The van der Waals surface area contributed by atoms with Gasteiger partial charge in [-0.3, -0.25) is 9.59 Å². The van der Waals surface area contributed by atoms with E-state index >= 15 is 0 Å². The van der Waals surface area contributed by atoms with E-state index in [1.807, 2.05) is 38.1 Å². The number of hydrogen-bond donors (Lipinski definition) is 2. The molecule has 2 heterocycles. The predicted octanol–water partition coefficient (Wildman–Crippen LogP) is 3.91. The van der Waals surface area contributed by atoms with Gasteiger partial charge in [-0.1, -0.05) is 48.0 Å². The van der Waals surface area contributed by atoms with Gasteiger partial charge in [0.05, 0.1) is 23.3 Å². The quantitative estimate of drug-likeness (QED) is 0.525. The predicted molar refractivity (Wildman–Crippen MR) is 119 cm³/mol. The zero-order valence-electron chi connectivity index (χ0n) is 16.9. The number of amides is 1. The lowest BCUT2D eigenvalue weighted by atomic mass is 10.1. The molecule has 0 spiro atoms. The molecule has 6 nitrogen and oxygen atoms in total. The number of thiazole rings is 1. The normalized spacial score (nSPS) is 11.0. The van der Waals surface area contributed by atoms with Crippen LogP contribution >= 0.6 is 11.3 Å².